The maximum Gasteiger partial charge on any atom is 0.259 e. The molecular weight excluding hydrogens is 366 g/mol. The zero-order chi connectivity index (χ0) is 20.2. The normalized spacial score (nSPS) is 14.7. The number of anilines is 2. The molecule has 0 spiro atoms. The monoisotopic (exact) mass is 393 g/mol. The fourth-order valence-corrected chi connectivity index (χ4v) is 3.91. The van der Waals surface area contributed by atoms with Crippen LogP contribution in [0.1, 0.15) is 49.4 Å². The maximum atomic E-state index is 13.1. The molecular formula is C22H27N5O2. The summed E-state index contributed by atoms with van der Waals surface area (Å²) < 4.78 is 7.04. The van der Waals surface area contributed by atoms with E-state index in [0.717, 1.165) is 41.9 Å². The molecule has 4 rings (SSSR count). The summed E-state index contributed by atoms with van der Waals surface area (Å²) in [5.74, 6) is 0.560. The number of pyridine rings is 1. The van der Waals surface area contributed by atoms with E-state index in [1.54, 1.807) is 19.5 Å². The number of carbonyl (C=O) groups excluding carboxylic acids is 1. The number of methoxy groups -OCH3 is 1. The third-order valence-electron chi connectivity index (χ3n) is 5.51. The summed E-state index contributed by atoms with van der Waals surface area (Å²) in [6.45, 7) is 2.77. The number of benzene rings is 1. The van der Waals surface area contributed by atoms with Gasteiger partial charge in [-0.3, -0.25) is 4.79 Å². The van der Waals surface area contributed by atoms with E-state index in [4.69, 9.17) is 4.74 Å². The van der Waals surface area contributed by atoms with E-state index in [0.29, 0.717) is 17.3 Å². The van der Waals surface area contributed by atoms with Crippen LogP contribution in [0.5, 0.6) is 5.75 Å². The number of nitrogens with zero attached hydrogens (tertiary/aromatic N) is 3. The average Bonchev–Trinajstić information content (AvgIpc) is 3.19. The summed E-state index contributed by atoms with van der Waals surface area (Å²) in [4.78, 5) is 17.6. The van der Waals surface area contributed by atoms with Crippen molar-refractivity contribution in [2.24, 2.45) is 0 Å². The topological polar surface area (TPSA) is 81.1 Å². The molecule has 0 bridgehead atoms. The van der Waals surface area contributed by atoms with Crippen molar-refractivity contribution in [1.29, 1.82) is 0 Å². The molecule has 1 fully saturated rings. The Hall–Kier alpha value is -3.09. The Kier molecular flexibility index (Phi) is 5.64. The minimum Gasteiger partial charge on any atom is -0.497 e. The number of hydrogen-bond donors (Lipinski definition) is 2. The maximum absolute atomic E-state index is 13.1. The largest absolute Gasteiger partial charge is 0.497 e. The van der Waals surface area contributed by atoms with Crippen LogP contribution in [0, 0.1) is 0 Å². The molecule has 1 aliphatic carbocycles. The Bertz CT molecular complexity index is 990. The van der Waals surface area contributed by atoms with E-state index in [-0.39, 0.29) is 5.91 Å². The van der Waals surface area contributed by atoms with Crippen LogP contribution in [-0.4, -0.2) is 33.8 Å². The van der Waals surface area contributed by atoms with Gasteiger partial charge in [0.15, 0.2) is 5.65 Å². The first-order valence-corrected chi connectivity index (χ1v) is 10.3. The number of hydrogen-bond acceptors (Lipinski definition) is 5. The summed E-state index contributed by atoms with van der Waals surface area (Å²) in [6.07, 6.45) is 9.40. The minimum absolute atomic E-state index is 0.188. The third-order valence-corrected chi connectivity index (χ3v) is 5.51. The number of rotatable bonds is 6. The molecule has 152 valence electrons. The second-order valence-electron chi connectivity index (χ2n) is 7.41. The van der Waals surface area contributed by atoms with Crippen molar-refractivity contribution < 1.29 is 9.53 Å². The second-order valence-corrected chi connectivity index (χ2v) is 7.41. The number of ether oxygens (including phenoxy) is 1. The Morgan fingerprint density at radius 2 is 1.93 bits per heavy atom. The summed E-state index contributed by atoms with van der Waals surface area (Å²) >= 11 is 0. The molecule has 1 saturated carbocycles. The fourth-order valence-electron chi connectivity index (χ4n) is 3.91. The Morgan fingerprint density at radius 1 is 1.17 bits per heavy atom. The standard InChI is InChI=1S/C22H27N5O2/c1-3-27-21-18(14-24-27)20(25-15-7-5-4-6-8-15)19(13-23-21)22(28)26-16-9-11-17(29-2)12-10-16/h9-15H,3-8H2,1-2H3,(H,23,25)(H,26,28). The van der Waals surface area contributed by atoms with Crippen LogP contribution in [0.3, 0.4) is 0 Å². The number of aromatic nitrogens is 3. The minimum atomic E-state index is -0.188. The van der Waals surface area contributed by atoms with Crippen LogP contribution in [-0.2, 0) is 6.54 Å². The lowest BCUT2D eigenvalue weighted by Gasteiger charge is -2.25. The first-order chi connectivity index (χ1) is 14.2. The van der Waals surface area contributed by atoms with Crippen molar-refractivity contribution in [3.63, 3.8) is 0 Å². The highest BCUT2D eigenvalue weighted by Crippen LogP contribution is 2.30. The SMILES string of the molecule is CCn1ncc2c(NC3CCCCC3)c(C(=O)Nc3ccc(OC)cc3)cnc21. The van der Waals surface area contributed by atoms with Crippen LogP contribution in [0.15, 0.2) is 36.7 Å². The van der Waals surface area contributed by atoms with E-state index in [2.05, 4.69) is 20.7 Å². The lowest BCUT2D eigenvalue weighted by Crippen LogP contribution is -2.25. The van der Waals surface area contributed by atoms with Crippen LogP contribution in [0.25, 0.3) is 11.0 Å². The van der Waals surface area contributed by atoms with Gasteiger partial charge in [-0.15, -0.1) is 0 Å². The summed E-state index contributed by atoms with van der Waals surface area (Å²) in [7, 11) is 1.62. The summed E-state index contributed by atoms with van der Waals surface area (Å²) in [6, 6.07) is 7.66. The second kappa shape index (κ2) is 8.51. The molecule has 1 amide bonds. The van der Waals surface area contributed by atoms with Gasteiger partial charge in [0.1, 0.15) is 5.75 Å². The predicted molar refractivity (Wildman–Crippen MR) is 115 cm³/mol. The van der Waals surface area contributed by atoms with Crippen molar-refractivity contribution in [3.05, 3.63) is 42.2 Å². The van der Waals surface area contributed by atoms with E-state index in [1.165, 1.54) is 19.3 Å². The number of fused-ring (bicyclic) bond motifs is 1. The van der Waals surface area contributed by atoms with Gasteiger partial charge in [0, 0.05) is 24.5 Å². The predicted octanol–water partition coefficient (Wildman–Crippen LogP) is 4.46. The molecule has 0 unspecified atom stereocenters. The van der Waals surface area contributed by atoms with Crippen molar-refractivity contribution in [1.82, 2.24) is 14.8 Å². The molecule has 2 heterocycles. The molecule has 0 radical (unpaired) electrons. The highest BCUT2D eigenvalue weighted by atomic mass is 16.5. The van der Waals surface area contributed by atoms with Crippen molar-refractivity contribution in [2.45, 2.75) is 51.6 Å². The number of amides is 1. The molecule has 3 aromatic rings. The lowest BCUT2D eigenvalue weighted by molar-refractivity contribution is 0.102. The zero-order valence-corrected chi connectivity index (χ0v) is 16.9. The van der Waals surface area contributed by atoms with Crippen LogP contribution in [0.2, 0.25) is 0 Å². The Labute approximate surface area is 170 Å². The molecule has 1 aromatic carbocycles. The summed E-state index contributed by atoms with van der Waals surface area (Å²) in [5, 5.41) is 11.9. The number of carbonyl (C=O) groups is 1. The van der Waals surface area contributed by atoms with E-state index in [1.807, 2.05) is 35.9 Å². The highest BCUT2D eigenvalue weighted by molar-refractivity contribution is 6.12. The molecule has 0 saturated heterocycles. The van der Waals surface area contributed by atoms with Gasteiger partial charge in [0.2, 0.25) is 0 Å². The number of nitrogens with one attached hydrogen (secondary N) is 2. The van der Waals surface area contributed by atoms with Crippen molar-refractivity contribution in [3.8, 4) is 5.75 Å². The Balaban J connectivity index is 1.67. The van der Waals surface area contributed by atoms with Gasteiger partial charge in [-0.1, -0.05) is 19.3 Å². The van der Waals surface area contributed by atoms with E-state index < -0.39 is 0 Å². The van der Waals surface area contributed by atoms with Gasteiger partial charge in [-0.2, -0.15) is 5.10 Å². The number of aryl methyl sites for hydroxylation is 1. The summed E-state index contributed by atoms with van der Waals surface area (Å²) in [5.41, 5.74) is 2.87. The molecule has 0 atom stereocenters. The molecule has 1 aliphatic rings. The van der Waals surface area contributed by atoms with Crippen LogP contribution < -0.4 is 15.4 Å². The highest BCUT2D eigenvalue weighted by Gasteiger charge is 2.22. The van der Waals surface area contributed by atoms with Gasteiger partial charge >= 0.3 is 0 Å². The molecule has 2 aromatic heterocycles. The smallest absolute Gasteiger partial charge is 0.259 e. The molecule has 0 aliphatic heterocycles. The fraction of sp³-hybridized carbons (Fsp3) is 0.409. The van der Waals surface area contributed by atoms with Crippen LogP contribution >= 0.6 is 0 Å². The van der Waals surface area contributed by atoms with Gasteiger partial charge in [0.05, 0.1) is 29.9 Å². The van der Waals surface area contributed by atoms with E-state index in [9.17, 15) is 4.79 Å². The Morgan fingerprint density at radius 3 is 2.62 bits per heavy atom. The molecule has 7 nitrogen and oxygen atoms in total. The molecule has 7 heteroatoms. The van der Waals surface area contributed by atoms with Gasteiger partial charge in [-0.25, -0.2) is 9.67 Å². The van der Waals surface area contributed by atoms with Gasteiger partial charge < -0.3 is 15.4 Å². The first-order valence-electron chi connectivity index (χ1n) is 10.3. The van der Waals surface area contributed by atoms with Crippen molar-refractivity contribution >= 4 is 28.3 Å². The van der Waals surface area contributed by atoms with Crippen molar-refractivity contribution in [2.75, 3.05) is 17.7 Å². The average molecular weight is 393 g/mol. The van der Waals surface area contributed by atoms with Crippen LogP contribution in [0.4, 0.5) is 11.4 Å². The third kappa shape index (κ3) is 4.04. The molecule has 29 heavy (non-hydrogen) atoms. The molecule has 2 N–H and O–H groups in total. The van der Waals surface area contributed by atoms with Gasteiger partial charge in [0.25, 0.3) is 5.91 Å². The quantitative estimate of drug-likeness (QED) is 0.646. The lowest BCUT2D eigenvalue weighted by atomic mass is 9.95. The van der Waals surface area contributed by atoms with E-state index >= 15 is 0 Å². The van der Waals surface area contributed by atoms with Gasteiger partial charge in [-0.05, 0) is 44.0 Å². The zero-order valence-electron chi connectivity index (χ0n) is 16.9. The first kappa shape index (κ1) is 19.2.